The van der Waals surface area contributed by atoms with E-state index in [-0.39, 0.29) is 24.5 Å². The maximum Gasteiger partial charge on any atom is 0.272 e. The van der Waals surface area contributed by atoms with Gasteiger partial charge in [0, 0.05) is 25.8 Å². The summed E-state index contributed by atoms with van der Waals surface area (Å²) in [6, 6.07) is 5.19. The van der Waals surface area contributed by atoms with Gasteiger partial charge in [-0.3, -0.25) is 14.6 Å². The molecule has 0 aromatic carbocycles. The van der Waals surface area contributed by atoms with E-state index in [4.69, 9.17) is 4.74 Å². The summed E-state index contributed by atoms with van der Waals surface area (Å²) in [6.45, 7) is 2.62. The number of rotatable bonds is 3. The number of amides is 2. The van der Waals surface area contributed by atoms with Crippen molar-refractivity contribution in [3.8, 4) is 0 Å². The predicted octanol–water partition coefficient (Wildman–Crippen LogP) is -0.235. The molecule has 0 aliphatic carbocycles. The van der Waals surface area contributed by atoms with Crippen molar-refractivity contribution in [1.29, 1.82) is 0 Å². The molecule has 0 radical (unpaired) electrons. The van der Waals surface area contributed by atoms with Crippen LogP contribution in [-0.2, 0) is 9.53 Å². The topological polar surface area (TPSA) is 66.0 Å². The van der Waals surface area contributed by atoms with Crippen molar-refractivity contribution in [2.24, 2.45) is 0 Å². The first-order valence-corrected chi connectivity index (χ1v) is 6.34. The van der Waals surface area contributed by atoms with Crippen molar-refractivity contribution in [3.63, 3.8) is 0 Å². The molecule has 0 N–H and O–H groups in total. The lowest BCUT2D eigenvalue weighted by molar-refractivity contribution is -0.135. The largest absolute Gasteiger partial charge is 0.371 e. The molecule has 3 heterocycles. The first-order valence-electron chi connectivity index (χ1n) is 6.34. The van der Waals surface area contributed by atoms with Crippen LogP contribution in [0.1, 0.15) is 10.5 Å². The van der Waals surface area contributed by atoms with Gasteiger partial charge in [0.1, 0.15) is 12.2 Å². The molecule has 6 heteroatoms. The van der Waals surface area contributed by atoms with Gasteiger partial charge in [-0.05, 0) is 12.1 Å². The van der Waals surface area contributed by atoms with Crippen LogP contribution < -0.4 is 0 Å². The van der Waals surface area contributed by atoms with Gasteiger partial charge in [-0.25, -0.2) is 0 Å². The van der Waals surface area contributed by atoms with Gasteiger partial charge >= 0.3 is 0 Å². The highest BCUT2D eigenvalue weighted by molar-refractivity contribution is 5.95. The van der Waals surface area contributed by atoms with Crippen molar-refractivity contribution in [1.82, 2.24) is 14.8 Å². The van der Waals surface area contributed by atoms with Crippen molar-refractivity contribution >= 4 is 11.8 Å². The van der Waals surface area contributed by atoms with Crippen LogP contribution in [0.3, 0.4) is 0 Å². The quantitative estimate of drug-likeness (QED) is 0.705. The summed E-state index contributed by atoms with van der Waals surface area (Å²) in [7, 11) is 0. The number of nitrogens with zero attached hydrogens (tertiary/aromatic N) is 3. The molecule has 19 heavy (non-hydrogen) atoms. The minimum absolute atomic E-state index is 0.0222. The highest BCUT2D eigenvalue weighted by Gasteiger charge is 2.32. The van der Waals surface area contributed by atoms with Crippen molar-refractivity contribution < 1.29 is 14.3 Å². The molecule has 3 rings (SSSR count). The molecule has 2 saturated heterocycles. The van der Waals surface area contributed by atoms with Gasteiger partial charge in [0.25, 0.3) is 5.91 Å². The third kappa shape index (κ3) is 2.73. The molecule has 6 nitrogen and oxygen atoms in total. The number of piperazine rings is 1. The van der Waals surface area contributed by atoms with Crippen LogP contribution in [0.4, 0.5) is 0 Å². The van der Waals surface area contributed by atoms with E-state index < -0.39 is 0 Å². The summed E-state index contributed by atoms with van der Waals surface area (Å²) < 4.78 is 5.12. The lowest BCUT2D eigenvalue weighted by Crippen LogP contribution is -2.53. The Bertz CT molecular complexity index is 487. The molecular formula is C13H15N3O3. The first kappa shape index (κ1) is 12.1. The summed E-state index contributed by atoms with van der Waals surface area (Å²) in [5.41, 5.74) is 0.384. The fraction of sp³-hybridized carbons (Fsp3) is 0.462. The van der Waals surface area contributed by atoms with Crippen molar-refractivity contribution in [2.75, 3.05) is 32.8 Å². The Morgan fingerprint density at radius 3 is 2.89 bits per heavy atom. The fourth-order valence-corrected chi connectivity index (χ4v) is 2.15. The average molecular weight is 261 g/mol. The van der Waals surface area contributed by atoms with E-state index in [1.54, 1.807) is 34.2 Å². The Balaban J connectivity index is 1.61. The number of hydrogen-bond donors (Lipinski definition) is 0. The summed E-state index contributed by atoms with van der Waals surface area (Å²) in [6.07, 6.45) is 1.78. The molecule has 0 saturated carbocycles. The van der Waals surface area contributed by atoms with Crippen molar-refractivity contribution in [3.05, 3.63) is 30.1 Å². The standard InChI is InChI=1S/C13H15N3O3/c17-12-8-16(6-5-15(12)7-10-9-19-10)13(18)11-3-1-2-4-14-11/h1-4,10H,5-9H2. The maximum absolute atomic E-state index is 12.2. The molecule has 2 amide bonds. The Morgan fingerprint density at radius 2 is 2.26 bits per heavy atom. The lowest BCUT2D eigenvalue weighted by Gasteiger charge is -2.33. The molecule has 1 unspecified atom stereocenters. The molecule has 2 fully saturated rings. The molecule has 1 aromatic heterocycles. The Kier molecular flexibility index (Phi) is 3.16. The predicted molar refractivity (Wildman–Crippen MR) is 66.5 cm³/mol. The van der Waals surface area contributed by atoms with E-state index in [0.29, 0.717) is 25.3 Å². The van der Waals surface area contributed by atoms with Crippen LogP contribution in [0.5, 0.6) is 0 Å². The second kappa shape index (κ2) is 4.97. The van der Waals surface area contributed by atoms with Crippen LogP contribution in [0.15, 0.2) is 24.4 Å². The van der Waals surface area contributed by atoms with Gasteiger partial charge in [-0.2, -0.15) is 0 Å². The molecule has 2 aliphatic rings. The monoisotopic (exact) mass is 261 g/mol. The Labute approximate surface area is 111 Å². The van der Waals surface area contributed by atoms with Gasteiger partial charge in [0.15, 0.2) is 0 Å². The fourth-order valence-electron chi connectivity index (χ4n) is 2.15. The van der Waals surface area contributed by atoms with Gasteiger partial charge < -0.3 is 14.5 Å². The third-order valence-electron chi connectivity index (χ3n) is 3.32. The molecular weight excluding hydrogens is 246 g/mol. The summed E-state index contributed by atoms with van der Waals surface area (Å²) >= 11 is 0. The van der Waals surface area contributed by atoms with Crippen LogP contribution in [0.25, 0.3) is 0 Å². The number of aromatic nitrogens is 1. The van der Waals surface area contributed by atoms with Crippen molar-refractivity contribution in [2.45, 2.75) is 6.10 Å². The normalized spacial score (nSPS) is 22.5. The SMILES string of the molecule is O=C1CN(C(=O)c2ccccn2)CCN1CC1CO1. The van der Waals surface area contributed by atoms with E-state index in [1.807, 2.05) is 0 Å². The van der Waals surface area contributed by atoms with E-state index >= 15 is 0 Å². The van der Waals surface area contributed by atoms with E-state index in [9.17, 15) is 9.59 Å². The Hall–Kier alpha value is -1.95. The van der Waals surface area contributed by atoms with E-state index in [2.05, 4.69) is 4.98 Å². The molecule has 2 aliphatic heterocycles. The Morgan fingerprint density at radius 1 is 1.42 bits per heavy atom. The number of ether oxygens (including phenoxy) is 1. The summed E-state index contributed by atoms with van der Waals surface area (Å²) in [5.74, 6) is -0.206. The number of epoxide rings is 1. The van der Waals surface area contributed by atoms with Crippen LogP contribution in [-0.4, -0.2) is 65.5 Å². The second-order valence-corrected chi connectivity index (χ2v) is 4.74. The number of carbonyl (C=O) groups is 2. The lowest BCUT2D eigenvalue weighted by atomic mass is 10.2. The zero-order valence-electron chi connectivity index (χ0n) is 10.5. The van der Waals surface area contributed by atoms with Gasteiger partial charge in [-0.1, -0.05) is 6.07 Å². The molecule has 1 atom stereocenters. The third-order valence-corrected chi connectivity index (χ3v) is 3.32. The smallest absolute Gasteiger partial charge is 0.272 e. The first-order chi connectivity index (χ1) is 9.24. The number of hydrogen-bond acceptors (Lipinski definition) is 4. The molecule has 1 aromatic rings. The van der Waals surface area contributed by atoms with Crippen LogP contribution in [0.2, 0.25) is 0 Å². The minimum Gasteiger partial charge on any atom is -0.371 e. The summed E-state index contributed by atoms with van der Waals surface area (Å²) in [4.78, 5) is 31.4. The van der Waals surface area contributed by atoms with Gasteiger partial charge in [0.05, 0.1) is 12.7 Å². The van der Waals surface area contributed by atoms with E-state index in [1.165, 1.54) is 0 Å². The zero-order chi connectivity index (χ0) is 13.2. The average Bonchev–Trinajstić information content (AvgIpc) is 3.25. The van der Waals surface area contributed by atoms with Gasteiger partial charge in [0.2, 0.25) is 5.91 Å². The van der Waals surface area contributed by atoms with E-state index in [0.717, 1.165) is 6.61 Å². The zero-order valence-corrected chi connectivity index (χ0v) is 10.5. The molecule has 0 spiro atoms. The maximum atomic E-state index is 12.2. The second-order valence-electron chi connectivity index (χ2n) is 4.74. The molecule has 0 bridgehead atoms. The van der Waals surface area contributed by atoms with Crippen LogP contribution >= 0.6 is 0 Å². The highest BCUT2D eigenvalue weighted by Crippen LogP contribution is 2.14. The minimum atomic E-state index is -0.184. The van der Waals surface area contributed by atoms with Crippen LogP contribution in [0, 0.1) is 0 Å². The van der Waals surface area contributed by atoms with Gasteiger partial charge in [-0.15, -0.1) is 0 Å². The molecule has 100 valence electrons. The summed E-state index contributed by atoms with van der Waals surface area (Å²) in [5, 5.41) is 0. The number of carbonyl (C=O) groups excluding carboxylic acids is 2. The highest BCUT2D eigenvalue weighted by atomic mass is 16.6. The number of pyridine rings is 1.